The number of benzene rings is 2. The third kappa shape index (κ3) is 3.73. The van der Waals surface area contributed by atoms with Gasteiger partial charge in [-0.05, 0) is 19.9 Å². The quantitative estimate of drug-likeness (QED) is 0.270. The van der Waals surface area contributed by atoms with E-state index in [1.165, 1.54) is 18.2 Å². The van der Waals surface area contributed by atoms with Crippen molar-refractivity contribution in [3.8, 4) is 17.2 Å². The lowest BCUT2D eigenvalue weighted by Gasteiger charge is -2.42. The fourth-order valence-corrected chi connectivity index (χ4v) is 5.50. The number of ether oxygens (including phenoxy) is 2. The first kappa shape index (κ1) is 25.3. The van der Waals surface area contributed by atoms with Gasteiger partial charge in [0, 0.05) is 42.0 Å². The van der Waals surface area contributed by atoms with Crippen LogP contribution in [0.2, 0.25) is 0 Å². The molecule has 0 spiro atoms. The third-order valence-electron chi connectivity index (χ3n) is 7.59. The molecule has 3 aliphatic rings. The first-order valence-corrected chi connectivity index (χ1v) is 11.9. The predicted molar refractivity (Wildman–Crippen MR) is 125 cm³/mol. The number of phenols is 3. The number of carbonyl (C=O) groups excluding carboxylic acids is 3. The van der Waals surface area contributed by atoms with Crippen molar-refractivity contribution >= 4 is 17.3 Å². The van der Waals surface area contributed by atoms with E-state index in [1.54, 1.807) is 6.92 Å². The summed E-state index contributed by atoms with van der Waals surface area (Å²) in [5.74, 6) is -4.13. The smallest absolute Gasteiger partial charge is 0.202 e. The molecule has 2 aromatic carbocycles. The number of rotatable bonds is 3. The van der Waals surface area contributed by atoms with Crippen LogP contribution in [0.15, 0.2) is 18.2 Å². The predicted octanol–water partition coefficient (Wildman–Crippen LogP) is 0.726. The zero-order valence-corrected chi connectivity index (χ0v) is 20.1. The number of Topliss-reactive ketones (excluding diaryl/α,β-unsaturated/α-hetero) is 1. The highest BCUT2D eigenvalue weighted by Gasteiger charge is 2.49. The molecule has 0 aromatic heterocycles. The average Bonchev–Trinajstić information content (AvgIpc) is 2.82. The van der Waals surface area contributed by atoms with E-state index in [1.807, 2.05) is 0 Å². The number of hydrogen-bond acceptors (Lipinski definition) is 11. The number of fused-ring (bicyclic) bond motifs is 3. The maximum absolute atomic E-state index is 13.4. The second kappa shape index (κ2) is 8.61. The van der Waals surface area contributed by atoms with Gasteiger partial charge in [-0.15, -0.1) is 0 Å². The largest absolute Gasteiger partial charge is 0.507 e. The van der Waals surface area contributed by atoms with Gasteiger partial charge in [0.1, 0.15) is 22.8 Å². The molecule has 2 aromatic rings. The molecule has 0 saturated carbocycles. The molecule has 37 heavy (non-hydrogen) atoms. The molecule has 11 heteroatoms. The molecule has 2 aliphatic carbocycles. The Morgan fingerprint density at radius 1 is 1.11 bits per heavy atom. The Kier molecular flexibility index (Phi) is 5.89. The second-order valence-electron chi connectivity index (χ2n) is 9.95. The van der Waals surface area contributed by atoms with Gasteiger partial charge in [-0.3, -0.25) is 14.4 Å². The summed E-state index contributed by atoms with van der Waals surface area (Å²) in [5.41, 5.74) is 2.29. The topological polar surface area (TPSA) is 197 Å². The van der Waals surface area contributed by atoms with Crippen LogP contribution in [0.4, 0.5) is 0 Å². The van der Waals surface area contributed by atoms with Crippen molar-refractivity contribution in [3.63, 3.8) is 0 Å². The summed E-state index contributed by atoms with van der Waals surface area (Å²) < 4.78 is 11.7. The minimum absolute atomic E-state index is 0.0478. The highest BCUT2D eigenvalue weighted by Crippen LogP contribution is 2.52. The van der Waals surface area contributed by atoms with Crippen LogP contribution in [0.25, 0.3) is 0 Å². The lowest BCUT2D eigenvalue weighted by atomic mass is 9.72. The maximum atomic E-state index is 13.4. The van der Waals surface area contributed by atoms with Crippen LogP contribution in [-0.4, -0.2) is 73.0 Å². The van der Waals surface area contributed by atoms with Crippen LogP contribution in [-0.2, 0) is 20.7 Å². The van der Waals surface area contributed by atoms with Crippen LogP contribution in [0, 0.1) is 0 Å². The van der Waals surface area contributed by atoms with Crippen LogP contribution >= 0.6 is 0 Å². The van der Waals surface area contributed by atoms with E-state index < -0.39 is 88.4 Å². The Labute approximate surface area is 211 Å². The molecule has 1 heterocycles. The van der Waals surface area contributed by atoms with Gasteiger partial charge in [-0.1, -0.05) is 12.1 Å². The minimum Gasteiger partial charge on any atom is -0.507 e. The third-order valence-corrected chi connectivity index (χ3v) is 7.59. The number of hydrogen-bond donors (Lipinski definition) is 6. The Bertz CT molecular complexity index is 1340. The number of nitrogens with two attached hydrogens (primary N) is 1. The van der Waals surface area contributed by atoms with E-state index in [2.05, 4.69) is 0 Å². The van der Waals surface area contributed by atoms with Gasteiger partial charge in [0.2, 0.25) is 5.78 Å². The standard InChI is InChI=1S/C26H27NO10/c1-9-21(30)13(27)6-16(36-9)37-15-8-26(35,10(2)28)7-12-18(15)25(34)20-19(23(12)32)22(31)11-4-3-5-14(29)17(11)24(20)33/h3-5,9,13,15-16,21,29-30,32,34-35H,6-8,27H2,1-2H3/t9-,13-,15?,16-,21?,26-/m0/s1. The van der Waals surface area contributed by atoms with Crippen LogP contribution < -0.4 is 5.73 Å². The maximum Gasteiger partial charge on any atom is 0.202 e. The second-order valence-corrected chi connectivity index (χ2v) is 9.95. The highest BCUT2D eigenvalue weighted by atomic mass is 16.7. The van der Waals surface area contributed by atoms with Crippen molar-refractivity contribution in [2.75, 3.05) is 0 Å². The monoisotopic (exact) mass is 513 g/mol. The molecule has 11 nitrogen and oxygen atoms in total. The molecule has 5 rings (SSSR count). The SMILES string of the molecule is CC(=O)[C@]1(O)Cc2c(O)c3c(c(O)c2C(O[C@H]2C[C@H](N)C(O)[C@H](C)O2)C1)C(=O)c1c(O)cccc1C3=O. The molecular weight excluding hydrogens is 486 g/mol. The Hall–Kier alpha value is -3.35. The summed E-state index contributed by atoms with van der Waals surface area (Å²) in [6.45, 7) is 2.76. The molecule has 7 N–H and O–H groups in total. The van der Waals surface area contributed by atoms with Gasteiger partial charge in [0.25, 0.3) is 0 Å². The molecule has 6 atom stereocenters. The first-order valence-electron chi connectivity index (χ1n) is 11.9. The Morgan fingerprint density at radius 3 is 2.43 bits per heavy atom. The van der Waals surface area contributed by atoms with Gasteiger partial charge in [-0.25, -0.2) is 0 Å². The van der Waals surface area contributed by atoms with Gasteiger partial charge in [0.15, 0.2) is 17.9 Å². The van der Waals surface area contributed by atoms with E-state index in [9.17, 15) is 39.9 Å². The molecule has 0 bridgehead atoms. The minimum atomic E-state index is -2.02. The molecule has 1 saturated heterocycles. The molecule has 0 amide bonds. The van der Waals surface area contributed by atoms with Gasteiger partial charge >= 0.3 is 0 Å². The zero-order valence-electron chi connectivity index (χ0n) is 20.1. The van der Waals surface area contributed by atoms with E-state index >= 15 is 0 Å². The molecular formula is C26H27NO10. The van der Waals surface area contributed by atoms with Gasteiger partial charge in [-0.2, -0.15) is 0 Å². The molecule has 0 radical (unpaired) electrons. The highest BCUT2D eigenvalue weighted by molar-refractivity contribution is 6.31. The summed E-state index contributed by atoms with van der Waals surface area (Å²) in [4.78, 5) is 39.1. The van der Waals surface area contributed by atoms with Crippen molar-refractivity contribution in [2.45, 2.75) is 69.4 Å². The Balaban J connectivity index is 1.68. The lowest BCUT2D eigenvalue weighted by molar-refractivity contribution is -0.247. The number of ketones is 3. The van der Waals surface area contributed by atoms with Crippen molar-refractivity contribution in [1.82, 2.24) is 0 Å². The number of aliphatic hydroxyl groups is 2. The number of phenolic OH excluding ortho intramolecular Hbond substituents is 3. The van der Waals surface area contributed by atoms with Gasteiger partial charge < -0.3 is 40.7 Å². The summed E-state index contributed by atoms with van der Waals surface area (Å²) in [6, 6.07) is 3.20. The number of aliphatic hydroxyl groups excluding tert-OH is 1. The zero-order chi connectivity index (χ0) is 27.0. The fourth-order valence-electron chi connectivity index (χ4n) is 5.50. The van der Waals surface area contributed by atoms with E-state index in [0.29, 0.717) is 0 Å². The lowest BCUT2D eigenvalue weighted by Crippen LogP contribution is -2.52. The van der Waals surface area contributed by atoms with Gasteiger partial charge in [0.05, 0.1) is 35.0 Å². The molecule has 2 unspecified atom stereocenters. The normalized spacial score (nSPS) is 30.9. The first-order chi connectivity index (χ1) is 17.4. The van der Waals surface area contributed by atoms with Crippen molar-refractivity contribution < 1.29 is 49.4 Å². The summed E-state index contributed by atoms with van der Waals surface area (Å²) >= 11 is 0. The number of aromatic hydroxyl groups is 3. The average molecular weight is 513 g/mol. The van der Waals surface area contributed by atoms with Crippen LogP contribution in [0.3, 0.4) is 0 Å². The van der Waals surface area contributed by atoms with Crippen molar-refractivity contribution in [3.05, 3.63) is 51.6 Å². The number of carbonyl (C=O) groups is 3. The summed E-state index contributed by atoms with van der Waals surface area (Å²) in [5, 5.41) is 54.1. The summed E-state index contributed by atoms with van der Waals surface area (Å²) in [6.07, 6.45) is -4.68. The van der Waals surface area contributed by atoms with E-state index in [-0.39, 0.29) is 35.1 Å². The van der Waals surface area contributed by atoms with Crippen LogP contribution in [0.1, 0.15) is 75.8 Å². The summed E-state index contributed by atoms with van der Waals surface area (Å²) in [7, 11) is 0. The van der Waals surface area contributed by atoms with Crippen molar-refractivity contribution in [2.24, 2.45) is 5.73 Å². The fraction of sp³-hybridized carbons (Fsp3) is 0.423. The van der Waals surface area contributed by atoms with Crippen molar-refractivity contribution in [1.29, 1.82) is 0 Å². The molecule has 1 aliphatic heterocycles. The molecule has 1 fully saturated rings. The van der Waals surface area contributed by atoms with E-state index in [4.69, 9.17) is 15.2 Å². The molecule has 196 valence electrons. The Morgan fingerprint density at radius 2 is 1.78 bits per heavy atom. The van der Waals surface area contributed by atoms with E-state index in [0.717, 1.165) is 6.92 Å². The van der Waals surface area contributed by atoms with Crippen LogP contribution in [0.5, 0.6) is 17.2 Å².